The average molecular weight is 302 g/mol. The first kappa shape index (κ1) is 17.2. The summed E-state index contributed by atoms with van der Waals surface area (Å²) in [6.45, 7) is 0. The van der Waals surface area contributed by atoms with Crippen LogP contribution in [0.15, 0.2) is 0 Å². The van der Waals surface area contributed by atoms with E-state index in [9.17, 15) is 19.5 Å². The van der Waals surface area contributed by atoms with Crippen molar-refractivity contribution in [3.63, 3.8) is 0 Å². The molecule has 0 aromatic carbocycles. The number of nitrogens with one attached hydrogen (secondary N) is 2. The van der Waals surface area contributed by atoms with Gasteiger partial charge in [-0.05, 0) is 19.3 Å². The Bertz CT molecular complexity index is 387. The van der Waals surface area contributed by atoms with Crippen LogP contribution in [-0.4, -0.2) is 51.5 Å². The molecule has 5 N–H and O–H groups in total. The molecule has 0 aromatic rings. The van der Waals surface area contributed by atoms with Gasteiger partial charge < -0.3 is 26.0 Å². The van der Waals surface area contributed by atoms with Crippen molar-refractivity contribution in [3.05, 3.63) is 0 Å². The van der Waals surface area contributed by atoms with Gasteiger partial charge in [0, 0.05) is 6.42 Å². The first-order valence-electron chi connectivity index (χ1n) is 7.10. The smallest absolute Gasteiger partial charge is 0.326 e. The molecule has 3 atom stereocenters. The number of hydrogen-bond donors (Lipinski definition) is 5. The Morgan fingerprint density at radius 1 is 1.10 bits per heavy atom. The molecular weight excluding hydrogens is 280 g/mol. The fourth-order valence-electron chi connectivity index (χ4n) is 2.35. The van der Waals surface area contributed by atoms with E-state index in [-0.39, 0.29) is 12.8 Å². The van der Waals surface area contributed by atoms with Gasteiger partial charge in [-0.2, -0.15) is 0 Å². The highest BCUT2D eigenvalue weighted by Crippen LogP contribution is 2.17. The van der Waals surface area contributed by atoms with Crippen molar-refractivity contribution >= 4 is 18.0 Å². The monoisotopic (exact) mass is 302 g/mol. The number of carbonyl (C=O) groups excluding carboxylic acids is 1. The Morgan fingerprint density at radius 2 is 1.76 bits per heavy atom. The van der Waals surface area contributed by atoms with Crippen molar-refractivity contribution in [3.8, 4) is 0 Å². The zero-order valence-corrected chi connectivity index (χ0v) is 11.7. The molecule has 2 unspecified atom stereocenters. The van der Waals surface area contributed by atoms with E-state index in [4.69, 9.17) is 10.2 Å². The fourth-order valence-corrected chi connectivity index (χ4v) is 2.35. The second kappa shape index (κ2) is 8.46. The molecule has 0 bridgehead atoms. The third-order valence-corrected chi connectivity index (χ3v) is 3.55. The summed E-state index contributed by atoms with van der Waals surface area (Å²) in [5.41, 5.74) is 0. The maximum atomic E-state index is 11.8. The molecule has 1 rings (SSSR count). The molecule has 0 saturated heterocycles. The summed E-state index contributed by atoms with van der Waals surface area (Å²) in [5.74, 6) is -2.41. The lowest BCUT2D eigenvalue weighted by Crippen LogP contribution is -2.51. The van der Waals surface area contributed by atoms with Gasteiger partial charge in [0.15, 0.2) is 0 Å². The van der Waals surface area contributed by atoms with E-state index in [2.05, 4.69) is 10.6 Å². The van der Waals surface area contributed by atoms with Crippen molar-refractivity contribution in [1.29, 1.82) is 0 Å². The third-order valence-electron chi connectivity index (χ3n) is 3.55. The minimum atomic E-state index is -1.28. The Kier molecular flexibility index (Phi) is 6.93. The summed E-state index contributed by atoms with van der Waals surface area (Å²) in [5, 5.41) is 32.2. The van der Waals surface area contributed by atoms with E-state index < -0.39 is 36.2 Å². The first-order valence-corrected chi connectivity index (χ1v) is 7.10. The summed E-state index contributed by atoms with van der Waals surface area (Å²) in [4.78, 5) is 33.2. The second-order valence-electron chi connectivity index (χ2n) is 5.25. The molecule has 1 aliphatic carbocycles. The van der Waals surface area contributed by atoms with E-state index in [1.54, 1.807) is 0 Å². The minimum Gasteiger partial charge on any atom is -0.481 e. The van der Waals surface area contributed by atoms with E-state index in [1.165, 1.54) is 0 Å². The molecule has 2 amide bonds. The Morgan fingerprint density at radius 3 is 2.38 bits per heavy atom. The molecule has 8 heteroatoms. The van der Waals surface area contributed by atoms with Crippen LogP contribution in [0.4, 0.5) is 4.79 Å². The van der Waals surface area contributed by atoms with Crippen LogP contribution in [0.2, 0.25) is 0 Å². The zero-order valence-electron chi connectivity index (χ0n) is 11.7. The number of amides is 2. The average Bonchev–Trinajstić information content (AvgIpc) is 2.59. The number of urea groups is 1. The Labute approximate surface area is 122 Å². The molecule has 8 nitrogen and oxygen atoms in total. The molecule has 0 aliphatic heterocycles. The van der Waals surface area contributed by atoms with E-state index in [1.807, 2.05) is 0 Å². The van der Waals surface area contributed by atoms with Gasteiger partial charge in [0.1, 0.15) is 6.04 Å². The Balaban J connectivity index is 2.48. The quantitative estimate of drug-likeness (QED) is 0.448. The number of carboxylic acid groups (broad SMARTS) is 2. The van der Waals surface area contributed by atoms with Crippen LogP contribution in [-0.2, 0) is 9.59 Å². The number of rotatable bonds is 6. The molecule has 1 fully saturated rings. The van der Waals surface area contributed by atoms with Crippen LogP contribution in [0, 0.1) is 0 Å². The van der Waals surface area contributed by atoms with Gasteiger partial charge in [-0.15, -0.1) is 0 Å². The van der Waals surface area contributed by atoms with Crippen LogP contribution in [0.5, 0.6) is 0 Å². The SMILES string of the molecule is O=C(O)CC[C@H](NC(=O)NC1CCCCCC1O)C(=O)O. The van der Waals surface area contributed by atoms with Crippen molar-refractivity contribution in [2.24, 2.45) is 0 Å². The molecule has 21 heavy (non-hydrogen) atoms. The van der Waals surface area contributed by atoms with Gasteiger partial charge in [0.25, 0.3) is 0 Å². The summed E-state index contributed by atoms with van der Waals surface area (Å²) in [7, 11) is 0. The number of aliphatic hydroxyl groups excluding tert-OH is 1. The highest BCUT2D eigenvalue weighted by Gasteiger charge is 2.26. The van der Waals surface area contributed by atoms with Crippen molar-refractivity contribution in [2.75, 3.05) is 0 Å². The van der Waals surface area contributed by atoms with E-state index >= 15 is 0 Å². The molecule has 120 valence electrons. The van der Waals surface area contributed by atoms with Gasteiger partial charge >= 0.3 is 18.0 Å². The van der Waals surface area contributed by atoms with Crippen LogP contribution in [0.25, 0.3) is 0 Å². The number of carboxylic acids is 2. The molecule has 1 aliphatic rings. The normalized spacial score (nSPS) is 23.7. The predicted molar refractivity (Wildman–Crippen MR) is 72.8 cm³/mol. The van der Waals surface area contributed by atoms with E-state index in [0.717, 1.165) is 19.3 Å². The van der Waals surface area contributed by atoms with Crippen LogP contribution < -0.4 is 10.6 Å². The van der Waals surface area contributed by atoms with E-state index in [0.29, 0.717) is 12.8 Å². The van der Waals surface area contributed by atoms with Crippen molar-refractivity contribution < 1.29 is 29.7 Å². The summed E-state index contributed by atoms with van der Waals surface area (Å²) >= 11 is 0. The number of aliphatic carboxylic acids is 2. The Hall–Kier alpha value is -1.83. The lowest BCUT2D eigenvalue weighted by molar-refractivity contribution is -0.140. The lowest BCUT2D eigenvalue weighted by atomic mass is 10.1. The number of carbonyl (C=O) groups is 3. The summed E-state index contributed by atoms with van der Waals surface area (Å²) in [6, 6.07) is -2.36. The van der Waals surface area contributed by atoms with Gasteiger partial charge in [0.2, 0.25) is 0 Å². The van der Waals surface area contributed by atoms with Gasteiger partial charge in [-0.3, -0.25) is 4.79 Å². The molecule has 0 aromatic heterocycles. The topological polar surface area (TPSA) is 136 Å². The van der Waals surface area contributed by atoms with Gasteiger partial charge in [-0.1, -0.05) is 19.3 Å². The standard InChI is InChI=1S/C13H22N2O6/c16-10-5-3-1-2-4-8(10)14-13(21)15-9(12(19)20)6-7-11(17)18/h8-10,16H,1-7H2,(H,17,18)(H,19,20)(H2,14,15,21)/t8?,9-,10?/m0/s1. The maximum absolute atomic E-state index is 11.8. The lowest BCUT2D eigenvalue weighted by Gasteiger charge is -2.23. The van der Waals surface area contributed by atoms with Crippen molar-refractivity contribution in [2.45, 2.75) is 63.1 Å². The second-order valence-corrected chi connectivity index (χ2v) is 5.25. The fraction of sp³-hybridized carbons (Fsp3) is 0.769. The van der Waals surface area contributed by atoms with Crippen LogP contribution >= 0.6 is 0 Å². The van der Waals surface area contributed by atoms with Gasteiger partial charge in [-0.25, -0.2) is 9.59 Å². The van der Waals surface area contributed by atoms with Crippen molar-refractivity contribution in [1.82, 2.24) is 10.6 Å². The number of aliphatic hydroxyl groups is 1. The molecule has 1 saturated carbocycles. The number of hydrogen-bond acceptors (Lipinski definition) is 4. The molecule has 0 spiro atoms. The zero-order chi connectivity index (χ0) is 15.8. The predicted octanol–water partition coefficient (Wildman–Crippen LogP) is 0.297. The first-order chi connectivity index (χ1) is 9.90. The van der Waals surface area contributed by atoms with Crippen LogP contribution in [0.1, 0.15) is 44.9 Å². The third kappa shape index (κ3) is 6.44. The summed E-state index contributed by atoms with van der Waals surface area (Å²) < 4.78 is 0. The highest BCUT2D eigenvalue weighted by molar-refractivity contribution is 5.83. The molecule has 0 radical (unpaired) electrons. The van der Waals surface area contributed by atoms with Crippen LogP contribution in [0.3, 0.4) is 0 Å². The van der Waals surface area contributed by atoms with Gasteiger partial charge in [0.05, 0.1) is 12.1 Å². The minimum absolute atomic E-state index is 0.189. The summed E-state index contributed by atoms with van der Waals surface area (Å²) in [6.07, 6.45) is 2.86. The largest absolute Gasteiger partial charge is 0.481 e. The molecule has 0 heterocycles. The maximum Gasteiger partial charge on any atom is 0.326 e. The highest BCUT2D eigenvalue weighted by atomic mass is 16.4. The molecular formula is C13H22N2O6.